The highest BCUT2D eigenvalue weighted by Gasteiger charge is 2.16. The zero-order valence-corrected chi connectivity index (χ0v) is 16.0. The van der Waals surface area contributed by atoms with Gasteiger partial charge in [0.2, 0.25) is 5.91 Å². The Bertz CT molecular complexity index is 758. The fourth-order valence-corrected chi connectivity index (χ4v) is 4.25. The summed E-state index contributed by atoms with van der Waals surface area (Å²) in [5, 5.41) is 5.65. The number of aryl methyl sites for hydroxylation is 2. The Morgan fingerprint density at radius 2 is 2.20 bits per heavy atom. The number of amides is 1. The number of furan rings is 1. The van der Waals surface area contributed by atoms with Gasteiger partial charge in [-0.05, 0) is 36.9 Å². The highest BCUT2D eigenvalue weighted by Crippen LogP contribution is 2.22. The van der Waals surface area contributed by atoms with E-state index in [0.717, 1.165) is 22.8 Å². The van der Waals surface area contributed by atoms with Crippen molar-refractivity contribution >= 4 is 33.7 Å². The number of thiazole rings is 1. The van der Waals surface area contributed by atoms with Crippen molar-refractivity contribution in [2.75, 3.05) is 11.9 Å². The van der Waals surface area contributed by atoms with E-state index in [1.807, 2.05) is 30.5 Å². The second-order valence-electron chi connectivity index (χ2n) is 5.73. The molecule has 7 heteroatoms. The molecule has 0 spiro atoms. The lowest BCUT2D eigenvalue weighted by molar-refractivity contribution is -0.117. The molecule has 3 heterocycles. The van der Waals surface area contributed by atoms with Crippen molar-refractivity contribution in [1.29, 1.82) is 0 Å². The number of rotatable bonds is 8. The van der Waals surface area contributed by atoms with E-state index < -0.39 is 0 Å². The molecule has 3 rings (SSSR count). The normalized spacial score (nSPS) is 11.2. The third-order valence-corrected chi connectivity index (χ3v) is 5.55. The largest absolute Gasteiger partial charge is 0.468 e. The fourth-order valence-electron chi connectivity index (χ4n) is 2.58. The minimum Gasteiger partial charge on any atom is -0.468 e. The van der Waals surface area contributed by atoms with Crippen LogP contribution in [0.1, 0.15) is 28.1 Å². The van der Waals surface area contributed by atoms with Gasteiger partial charge in [0.1, 0.15) is 5.76 Å². The molecule has 5 nitrogen and oxygen atoms in total. The van der Waals surface area contributed by atoms with E-state index in [0.29, 0.717) is 24.8 Å². The molecule has 0 aliphatic carbocycles. The highest BCUT2D eigenvalue weighted by molar-refractivity contribution is 7.15. The lowest BCUT2D eigenvalue weighted by atomic mass is 10.3. The smallest absolute Gasteiger partial charge is 0.240 e. The molecule has 0 bridgehead atoms. The van der Waals surface area contributed by atoms with Crippen LogP contribution in [0.3, 0.4) is 0 Å². The van der Waals surface area contributed by atoms with Gasteiger partial charge in [-0.1, -0.05) is 13.0 Å². The summed E-state index contributed by atoms with van der Waals surface area (Å²) < 4.78 is 5.44. The van der Waals surface area contributed by atoms with Crippen LogP contribution in [0.15, 0.2) is 40.3 Å². The summed E-state index contributed by atoms with van der Waals surface area (Å²) in [6, 6.07) is 7.89. The maximum absolute atomic E-state index is 12.5. The lowest BCUT2D eigenvalue weighted by Crippen LogP contribution is -2.32. The maximum atomic E-state index is 12.5. The van der Waals surface area contributed by atoms with Crippen molar-refractivity contribution < 1.29 is 9.21 Å². The summed E-state index contributed by atoms with van der Waals surface area (Å²) in [4.78, 5) is 21.4. The van der Waals surface area contributed by atoms with Crippen LogP contribution in [-0.4, -0.2) is 22.3 Å². The van der Waals surface area contributed by atoms with Gasteiger partial charge >= 0.3 is 0 Å². The minimum absolute atomic E-state index is 0.0560. The predicted molar refractivity (Wildman–Crippen MR) is 102 cm³/mol. The van der Waals surface area contributed by atoms with E-state index >= 15 is 0 Å². The van der Waals surface area contributed by atoms with Crippen LogP contribution in [0.2, 0.25) is 0 Å². The van der Waals surface area contributed by atoms with E-state index in [1.54, 1.807) is 17.6 Å². The molecule has 0 fully saturated rings. The molecule has 0 radical (unpaired) electrons. The quantitative estimate of drug-likeness (QED) is 0.637. The average Bonchev–Trinajstić information content (AvgIpc) is 3.30. The van der Waals surface area contributed by atoms with E-state index in [9.17, 15) is 4.79 Å². The standard InChI is InChI=1S/C18H21N3O2S2/c1-3-16-13(2)25-18(19-16)20-17(22)12-21(10-14-6-4-8-23-14)11-15-7-5-9-24-15/h4-9H,3,10-12H2,1-2H3,(H,19,20,22). The van der Waals surface area contributed by atoms with E-state index in [2.05, 4.69) is 28.2 Å². The summed E-state index contributed by atoms with van der Waals surface area (Å²) in [5.41, 5.74) is 1.05. The van der Waals surface area contributed by atoms with Gasteiger partial charge in [0.25, 0.3) is 0 Å². The van der Waals surface area contributed by atoms with Crippen molar-refractivity contribution in [1.82, 2.24) is 9.88 Å². The summed E-state index contributed by atoms with van der Waals surface area (Å²) in [6.07, 6.45) is 2.53. The number of nitrogens with zero attached hydrogens (tertiary/aromatic N) is 2. The molecule has 1 amide bonds. The second-order valence-corrected chi connectivity index (χ2v) is 7.96. The van der Waals surface area contributed by atoms with Gasteiger partial charge in [0.15, 0.2) is 5.13 Å². The maximum Gasteiger partial charge on any atom is 0.240 e. The first-order chi connectivity index (χ1) is 12.1. The van der Waals surface area contributed by atoms with Crippen molar-refractivity contribution in [2.45, 2.75) is 33.4 Å². The summed E-state index contributed by atoms with van der Waals surface area (Å²) in [7, 11) is 0. The van der Waals surface area contributed by atoms with E-state index in [1.165, 1.54) is 16.2 Å². The number of thiophene rings is 1. The third kappa shape index (κ3) is 5.01. The molecular formula is C18H21N3O2S2. The average molecular weight is 376 g/mol. The summed E-state index contributed by atoms with van der Waals surface area (Å²) >= 11 is 3.22. The van der Waals surface area contributed by atoms with Gasteiger partial charge in [0, 0.05) is 16.3 Å². The van der Waals surface area contributed by atoms with Gasteiger partial charge in [-0.3, -0.25) is 9.69 Å². The molecule has 3 aromatic rings. The summed E-state index contributed by atoms with van der Waals surface area (Å²) in [5.74, 6) is 0.794. The van der Waals surface area contributed by atoms with Gasteiger partial charge in [-0.25, -0.2) is 4.98 Å². The fraction of sp³-hybridized carbons (Fsp3) is 0.333. The molecule has 132 valence electrons. The van der Waals surface area contributed by atoms with Crippen molar-refractivity contribution in [2.24, 2.45) is 0 Å². The first-order valence-corrected chi connectivity index (χ1v) is 9.87. The van der Waals surface area contributed by atoms with Gasteiger partial charge < -0.3 is 9.73 Å². The molecule has 0 aliphatic rings. The van der Waals surface area contributed by atoms with Crippen LogP contribution in [0.5, 0.6) is 0 Å². The molecule has 0 aromatic carbocycles. The first kappa shape index (κ1) is 17.8. The van der Waals surface area contributed by atoms with E-state index in [4.69, 9.17) is 4.42 Å². The second kappa shape index (κ2) is 8.42. The van der Waals surface area contributed by atoms with Crippen LogP contribution in [-0.2, 0) is 24.3 Å². The van der Waals surface area contributed by atoms with Crippen LogP contribution in [0.4, 0.5) is 5.13 Å². The molecule has 0 saturated carbocycles. The topological polar surface area (TPSA) is 58.4 Å². The zero-order valence-electron chi connectivity index (χ0n) is 14.3. The van der Waals surface area contributed by atoms with Crippen LogP contribution in [0.25, 0.3) is 0 Å². The van der Waals surface area contributed by atoms with Crippen molar-refractivity contribution in [3.8, 4) is 0 Å². The Labute approximate surface area is 155 Å². The third-order valence-electron chi connectivity index (χ3n) is 3.76. The number of hydrogen-bond donors (Lipinski definition) is 1. The molecule has 0 atom stereocenters. The van der Waals surface area contributed by atoms with Crippen LogP contribution >= 0.6 is 22.7 Å². The Morgan fingerprint density at radius 3 is 2.84 bits per heavy atom. The molecule has 25 heavy (non-hydrogen) atoms. The van der Waals surface area contributed by atoms with Gasteiger partial charge in [0.05, 0.1) is 25.0 Å². The highest BCUT2D eigenvalue weighted by atomic mass is 32.1. The molecule has 3 aromatic heterocycles. The SMILES string of the molecule is CCc1nc(NC(=O)CN(Cc2ccco2)Cc2cccs2)sc1C. The number of anilines is 1. The predicted octanol–water partition coefficient (Wildman–Crippen LogP) is 4.31. The Morgan fingerprint density at radius 1 is 1.32 bits per heavy atom. The first-order valence-electron chi connectivity index (χ1n) is 8.17. The lowest BCUT2D eigenvalue weighted by Gasteiger charge is -2.19. The number of nitrogens with one attached hydrogen (secondary N) is 1. The number of carbonyl (C=O) groups is 1. The number of aromatic nitrogens is 1. The van der Waals surface area contributed by atoms with Crippen molar-refractivity contribution in [3.05, 3.63) is 57.1 Å². The molecule has 0 aliphatic heterocycles. The molecule has 0 unspecified atom stereocenters. The van der Waals surface area contributed by atoms with Crippen molar-refractivity contribution in [3.63, 3.8) is 0 Å². The van der Waals surface area contributed by atoms with Crippen LogP contribution in [0, 0.1) is 6.92 Å². The monoisotopic (exact) mass is 375 g/mol. The van der Waals surface area contributed by atoms with Gasteiger partial charge in [-0.2, -0.15) is 0 Å². The Kier molecular flexibility index (Phi) is 6.01. The number of carbonyl (C=O) groups excluding carboxylic acids is 1. The molecule has 0 saturated heterocycles. The zero-order chi connectivity index (χ0) is 17.6. The van der Waals surface area contributed by atoms with E-state index in [-0.39, 0.29) is 5.91 Å². The molecule has 1 N–H and O–H groups in total. The van der Waals surface area contributed by atoms with Gasteiger partial charge in [-0.15, -0.1) is 22.7 Å². The molecular weight excluding hydrogens is 354 g/mol. The van der Waals surface area contributed by atoms with Crippen LogP contribution < -0.4 is 5.32 Å². The minimum atomic E-state index is -0.0560. The summed E-state index contributed by atoms with van der Waals surface area (Å²) in [6.45, 7) is 5.70. The Hall–Kier alpha value is -1.96. The number of hydrogen-bond acceptors (Lipinski definition) is 6. The Balaban J connectivity index is 1.64.